The van der Waals surface area contributed by atoms with Crippen molar-refractivity contribution < 1.29 is 14.3 Å². The van der Waals surface area contributed by atoms with Crippen LogP contribution >= 0.6 is 0 Å². The van der Waals surface area contributed by atoms with Crippen molar-refractivity contribution in [3.05, 3.63) is 65.2 Å². The highest BCUT2D eigenvalue weighted by Crippen LogP contribution is 2.34. The van der Waals surface area contributed by atoms with Crippen molar-refractivity contribution in [3.8, 4) is 11.5 Å². The van der Waals surface area contributed by atoms with Gasteiger partial charge in [-0.3, -0.25) is 4.79 Å². The Kier molecular flexibility index (Phi) is 6.45. The van der Waals surface area contributed by atoms with Gasteiger partial charge in [0.2, 0.25) is 0 Å². The maximum atomic E-state index is 13.3. The first-order valence-electron chi connectivity index (χ1n) is 8.71. The van der Waals surface area contributed by atoms with E-state index >= 15 is 0 Å². The number of hydrogen-bond donors (Lipinski definition) is 0. The van der Waals surface area contributed by atoms with Crippen LogP contribution in [0.15, 0.2) is 43.0 Å². The molecule has 1 amide bonds. The fourth-order valence-electron chi connectivity index (χ4n) is 3.06. The number of aryl methyl sites for hydroxylation is 2. The molecule has 0 atom stereocenters. The predicted molar refractivity (Wildman–Crippen MR) is 107 cm³/mol. The molecule has 0 aromatic heterocycles. The third-order valence-corrected chi connectivity index (χ3v) is 4.38. The number of allylic oxidation sites excluding steroid dienone is 1. The monoisotopic (exact) mass is 353 g/mol. The van der Waals surface area contributed by atoms with Gasteiger partial charge in [-0.05, 0) is 56.5 Å². The number of methoxy groups -OCH3 is 2. The molecule has 4 heteroatoms. The fraction of sp³-hybridized carbons (Fsp3) is 0.318. The van der Waals surface area contributed by atoms with Crippen molar-refractivity contribution in [1.29, 1.82) is 0 Å². The highest BCUT2D eigenvalue weighted by Gasteiger charge is 2.21. The summed E-state index contributed by atoms with van der Waals surface area (Å²) < 4.78 is 10.9. The second-order valence-electron chi connectivity index (χ2n) is 6.20. The van der Waals surface area contributed by atoms with E-state index in [2.05, 4.69) is 12.6 Å². The SMILES string of the molecule is C=CCc1cc(C(=O)N(CC)c2cc(C)ccc2C)cc(OC)c1OC. The van der Waals surface area contributed by atoms with Crippen LogP contribution in [0.4, 0.5) is 5.69 Å². The van der Waals surface area contributed by atoms with Gasteiger partial charge in [0.05, 0.1) is 14.2 Å². The average molecular weight is 353 g/mol. The molecule has 0 aliphatic carbocycles. The van der Waals surface area contributed by atoms with E-state index in [1.165, 1.54) is 0 Å². The van der Waals surface area contributed by atoms with Gasteiger partial charge in [-0.1, -0.05) is 18.2 Å². The molecule has 0 spiro atoms. The van der Waals surface area contributed by atoms with Crippen LogP contribution in [0.2, 0.25) is 0 Å². The molecule has 0 fully saturated rings. The Bertz CT molecular complexity index is 811. The summed E-state index contributed by atoms with van der Waals surface area (Å²) in [6.45, 7) is 10.4. The summed E-state index contributed by atoms with van der Waals surface area (Å²) >= 11 is 0. The zero-order chi connectivity index (χ0) is 19.3. The number of benzene rings is 2. The molecule has 2 aromatic carbocycles. The van der Waals surface area contributed by atoms with Crippen LogP contribution in [0.1, 0.15) is 34.0 Å². The first-order chi connectivity index (χ1) is 12.5. The minimum Gasteiger partial charge on any atom is -0.493 e. The van der Waals surface area contributed by atoms with Gasteiger partial charge in [0.1, 0.15) is 0 Å². The second kappa shape index (κ2) is 8.56. The van der Waals surface area contributed by atoms with E-state index in [9.17, 15) is 4.79 Å². The van der Waals surface area contributed by atoms with Gasteiger partial charge in [-0.25, -0.2) is 0 Å². The number of nitrogens with zero attached hydrogens (tertiary/aromatic N) is 1. The summed E-state index contributed by atoms with van der Waals surface area (Å²) in [4.78, 5) is 15.1. The summed E-state index contributed by atoms with van der Waals surface area (Å²) in [5.74, 6) is 1.12. The summed E-state index contributed by atoms with van der Waals surface area (Å²) in [6.07, 6.45) is 2.38. The molecule has 0 bridgehead atoms. The average Bonchev–Trinajstić information content (AvgIpc) is 2.64. The van der Waals surface area contributed by atoms with E-state index < -0.39 is 0 Å². The van der Waals surface area contributed by atoms with Crippen LogP contribution < -0.4 is 14.4 Å². The lowest BCUT2D eigenvalue weighted by Gasteiger charge is -2.24. The number of rotatable bonds is 7. The molecule has 0 unspecified atom stereocenters. The summed E-state index contributed by atoms with van der Waals surface area (Å²) in [5, 5.41) is 0. The van der Waals surface area contributed by atoms with Crippen molar-refractivity contribution in [1.82, 2.24) is 0 Å². The third-order valence-electron chi connectivity index (χ3n) is 4.38. The van der Waals surface area contributed by atoms with Gasteiger partial charge >= 0.3 is 0 Å². The normalized spacial score (nSPS) is 10.3. The first-order valence-corrected chi connectivity index (χ1v) is 8.71. The highest BCUT2D eigenvalue weighted by molar-refractivity contribution is 6.07. The number of ether oxygens (including phenoxy) is 2. The zero-order valence-electron chi connectivity index (χ0n) is 16.3. The smallest absolute Gasteiger partial charge is 0.258 e. The summed E-state index contributed by atoms with van der Waals surface area (Å²) in [6, 6.07) is 9.73. The lowest BCUT2D eigenvalue weighted by Crippen LogP contribution is -2.31. The minimum absolute atomic E-state index is 0.0625. The van der Waals surface area contributed by atoms with Crippen molar-refractivity contribution >= 4 is 11.6 Å². The molecule has 0 N–H and O–H groups in total. The van der Waals surface area contributed by atoms with Gasteiger partial charge in [0.25, 0.3) is 5.91 Å². The van der Waals surface area contributed by atoms with Gasteiger partial charge in [0, 0.05) is 23.4 Å². The largest absolute Gasteiger partial charge is 0.493 e. The van der Waals surface area contributed by atoms with Crippen molar-refractivity contribution in [2.24, 2.45) is 0 Å². The van der Waals surface area contributed by atoms with Crippen LogP contribution in [0.5, 0.6) is 11.5 Å². The lowest BCUT2D eigenvalue weighted by atomic mass is 10.0. The first kappa shape index (κ1) is 19.6. The van der Waals surface area contributed by atoms with Gasteiger partial charge in [-0.2, -0.15) is 0 Å². The Morgan fingerprint density at radius 1 is 1.15 bits per heavy atom. The van der Waals surface area contributed by atoms with Gasteiger partial charge in [-0.15, -0.1) is 6.58 Å². The number of carbonyl (C=O) groups is 1. The number of amides is 1. The number of carbonyl (C=O) groups excluding carboxylic acids is 1. The van der Waals surface area contributed by atoms with Crippen LogP contribution in [-0.4, -0.2) is 26.7 Å². The standard InChI is InChI=1S/C22H27NO3/c1-7-9-17-13-18(14-20(25-5)21(17)26-6)22(24)23(8-2)19-12-15(3)10-11-16(19)4/h7,10-14H,1,8-9H2,2-6H3. The van der Waals surface area contributed by atoms with Crippen LogP contribution in [-0.2, 0) is 6.42 Å². The number of anilines is 1. The minimum atomic E-state index is -0.0625. The van der Waals surface area contributed by atoms with E-state index in [0.29, 0.717) is 30.0 Å². The van der Waals surface area contributed by atoms with E-state index in [1.54, 1.807) is 31.3 Å². The Morgan fingerprint density at radius 3 is 2.46 bits per heavy atom. The molecule has 0 aliphatic rings. The molecule has 0 radical (unpaired) electrons. The molecule has 0 saturated heterocycles. The third kappa shape index (κ3) is 3.90. The summed E-state index contributed by atoms with van der Waals surface area (Å²) in [7, 11) is 3.17. The molecular formula is C22H27NO3. The van der Waals surface area contributed by atoms with Crippen LogP contribution in [0.25, 0.3) is 0 Å². The molecular weight excluding hydrogens is 326 g/mol. The van der Waals surface area contributed by atoms with E-state index in [1.807, 2.05) is 39.0 Å². The lowest BCUT2D eigenvalue weighted by molar-refractivity contribution is 0.0987. The molecule has 26 heavy (non-hydrogen) atoms. The van der Waals surface area contributed by atoms with Gasteiger partial charge in [0.15, 0.2) is 11.5 Å². The summed E-state index contributed by atoms with van der Waals surface area (Å²) in [5.41, 5.74) is 4.57. The zero-order valence-corrected chi connectivity index (χ0v) is 16.3. The van der Waals surface area contributed by atoms with Crippen LogP contribution in [0, 0.1) is 13.8 Å². The topological polar surface area (TPSA) is 38.8 Å². The van der Waals surface area contributed by atoms with E-state index in [4.69, 9.17) is 9.47 Å². The Hall–Kier alpha value is -2.75. The molecule has 0 heterocycles. The van der Waals surface area contributed by atoms with Crippen molar-refractivity contribution in [2.75, 3.05) is 25.7 Å². The van der Waals surface area contributed by atoms with Gasteiger partial charge < -0.3 is 14.4 Å². The maximum Gasteiger partial charge on any atom is 0.258 e. The quantitative estimate of drug-likeness (QED) is 0.676. The second-order valence-corrected chi connectivity index (χ2v) is 6.20. The molecule has 2 aromatic rings. The number of hydrogen-bond acceptors (Lipinski definition) is 3. The Balaban J connectivity index is 2.54. The fourth-order valence-corrected chi connectivity index (χ4v) is 3.06. The molecule has 0 aliphatic heterocycles. The Labute approximate surface area is 156 Å². The predicted octanol–water partition coefficient (Wildman–Crippen LogP) is 4.72. The molecule has 2 rings (SSSR count). The highest BCUT2D eigenvalue weighted by atomic mass is 16.5. The van der Waals surface area contributed by atoms with E-state index in [0.717, 1.165) is 22.4 Å². The van der Waals surface area contributed by atoms with Crippen molar-refractivity contribution in [2.45, 2.75) is 27.2 Å². The molecule has 0 saturated carbocycles. The molecule has 4 nitrogen and oxygen atoms in total. The maximum absolute atomic E-state index is 13.3. The Morgan fingerprint density at radius 2 is 1.88 bits per heavy atom. The molecule has 138 valence electrons. The van der Waals surface area contributed by atoms with Crippen LogP contribution in [0.3, 0.4) is 0 Å². The van der Waals surface area contributed by atoms with Crippen molar-refractivity contribution in [3.63, 3.8) is 0 Å². The van der Waals surface area contributed by atoms with E-state index in [-0.39, 0.29) is 5.91 Å².